The van der Waals surface area contributed by atoms with Gasteiger partial charge in [-0.3, -0.25) is 15.1 Å². The zero-order chi connectivity index (χ0) is 21.1. The molecule has 0 atom stereocenters. The molecule has 0 aromatic heterocycles. The average Bonchev–Trinajstić information content (AvgIpc) is 2.72. The highest BCUT2D eigenvalue weighted by atomic mass is 127. The van der Waals surface area contributed by atoms with Crippen molar-refractivity contribution in [3.63, 3.8) is 0 Å². The van der Waals surface area contributed by atoms with Crippen molar-refractivity contribution in [2.24, 2.45) is 4.99 Å². The topological polar surface area (TPSA) is 98.0 Å². The Morgan fingerprint density at radius 3 is 2.60 bits per heavy atom. The van der Waals surface area contributed by atoms with Gasteiger partial charge in [-0.1, -0.05) is 24.3 Å². The van der Waals surface area contributed by atoms with E-state index in [1.165, 1.54) is 6.07 Å². The summed E-state index contributed by atoms with van der Waals surface area (Å²) in [7, 11) is 3.36. The Bertz CT molecular complexity index is 846. The fourth-order valence-corrected chi connectivity index (χ4v) is 2.69. The van der Waals surface area contributed by atoms with E-state index in [2.05, 4.69) is 15.6 Å². The van der Waals surface area contributed by atoms with Crippen LogP contribution < -0.4 is 15.4 Å². The molecule has 0 aliphatic heterocycles. The van der Waals surface area contributed by atoms with E-state index >= 15 is 0 Å². The first kappa shape index (κ1) is 25.6. The smallest absolute Gasteiger partial charge is 0.269 e. The summed E-state index contributed by atoms with van der Waals surface area (Å²) in [6, 6.07) is 12.6. The number of benzene rings is 2. The standard InChI is InChI=1S/C21H28N4O4.HI/c1-16-8-9-18(20(12-16)29-11-5-10-28-3)15-24-21(22-2)23-14-17-6-4-7-19(13-17)25(26)27;/h4,6-9,12-13H,5,10-11,14-15H2,1-3H3,(H2,22,23,24);1H. The number of guanidine groups is 1. The van der Waals surface area contributed by atoms with Crippen molar-refractivity contribution in [3.05, 3.63) is 69.3 Å². The summed E-state index contributed by atoms with van der Waals surface area (Å²) in [4.78, 5) is 14.7. The third-order valence-electron chi connectivity index (χ3n) is 4.22. The van der Waals surface area contributed by atoms with Crippen LogP contribution in [0.1, 0.15) is 23.1 Å². The number of rotatable bonds is 10. The normalized spacial score (nSPS) is 10.8. The molecule has 0 spiro atoms. The predicted molar refractivity (Wildman–Crippen MR) is 129 cm³/mol. The van der Waals surface area contributed by atoms with Crippen LogP contribution in [0.5, 0.6) is 5.75 Å². The van der Waals surface area contributed by atoms with Crippen LogP contribution in [0.3, 0.4) is 0 Å². The zero-order valence-corrected chi connectivity index (χ0v) is 19.8. The van der Waals surface area contributed by atoms with Crippen LogP contribution in [0, 0.1) is 17.0 Å². The molecule has 30 heavy (non-hydrogen) atoms. The molecule has 0 saturated heterocycles. The molecule has 0 amide bonds. The first-order valence-electron chi connectivity index (χ1n) is 9.42. The molecule has 8 nitrogen and oxygen atoms in total. The second-order valence-corrected chi connectivity index (χ2v) is 6.51. The number of nitrogens with one attached hydrogen (secondary N) is 2. The number of methoxy groups -OCH3 is 1. The molecule has 0 radical (unpaired) electrons. The van der Waals surface area contributed by atoms with Gasteiger partial charge in [0.15, 0.2) is 5.96 Å². The molecular weight excluding hydrogens is 499 g/mol. The largest absolute Gasteiger partial charge is 0.493 e. The highest BCUT2D eigenvalue weighted by Crippen LogP contribution is 2.20. The fraction of sp³-hybridized carbons (Fsp3) is 0.381. The molecule has 0 heterocycles. The number of hydrogen-bond acceptors (Lipinski definition) is 5. The van der Waals surface area contributed by atoms with Gasteiger partial charge in [0.25, 0.3) is 5.69 Å². The second-order valence-electron chi connectivity index (χ2n) is 6.51. The lowest BCUT2D eigenvalue weighted by Crippen LogP contribution is -2.36. The van der Waals surface area contributed by atoms with Crippen LogP contribution >= 0.6 is 24.0 Å². The lowest BCUT2D eigenvalue weighted by atomic mass is 10.1. The number of nitro benzene ring substituents is 1. The maximum absolute atomic E-state index is 10.9. The Kier molecular flexibility index (Phi) is 11.8. The highest BCUT2D eigenvalue weighted by Gasteiger charge is 2.08. The van der Waals surface area contributed by atoms with Crippen molar-refractivity contribution < 1.29 is 14.4 Å². The molecule has 2 rings (SSSR count). The number of ether oxygens (including phenoxy) is 2. The molecule has 9 heteroatoms. The van der Waals surface area contributed by atoms with Gasteiger partial charge in [-0.25, -0.2) is 0 Å². The summed E-state index contributed by atoms with van der Waals surface area (Å²) < 4.78 is 11.0. The van der Waals surface area contributed by atoms with Gasteiger partial charge in [0, 0.05) is 58.0 Å². The molecule has 0 saturated carbocycles. The Hall–Kier alpha value is -2.40. The zero-order valence-electron chi connectivity index (χ0n) is 17.5. The van der Waals surface area contributed by atoms with Crippen LogP contribution in [-0.4, -0.2) is 38.3 Å². The van der Waals surface area contributed by atoms with Gasteiger partial charge in [0.2, 0.25) is 0 Å². The number of hydrogen-bond donors (Lipinski definition) is 2. The highest BCUT2D eigenvalue weighted by molar-refractivity contribution is 14.0. The summed E-state index contributed by atoms with van der Waals surface area (Å²) in [5.41, 5.74) is 3.02. The monoisotopic (exact) mass is 528 g/mol. The predicted octanol–water partition coefficient (Wildman–Crippen LogP) is 3.80. The minimum atomic E-state index is -0.401. The summed E-state index contributed by atoms with van der Waals surface area (Å²) in [6.07, 6.45) is 0.823. The summed E-state index contributed by atoms with van der Waals surface area (Å²) >= 11 is 0. The van der Waals surface area contributed by atoms with Crippen molar-refractivity contribution in [2.45, 2.75) is 26.4 Å². The number of non-ortho nitro benzene ring substituents is 1. The van der Waals surface area contributed by atoms with Crippen LogP contribution in [0.15, 0.2) is 47.5 Å². The molecule has 0 aliphatic carbocycles. The van der Waals surface area contributed by atoms with Gasteiger partial charge < -0.3 is 20.1 Å². The maximum atomic E-state index is 10.9. The quantitative estimate of drug-likeness (QED) is 0.122. The minimum Gasteiger partial charge on any atom is -0.493 e. The van der Waals surface area contributed by atoms with Crippen LogP contribution in [0.2, 0.25) is 0 Å². The van der Waals surface area contributed by atoms with Gasteiger partial charge in [-0.2, -0.15) is 0 Å². The molecule has 2 aromatic carbocycles. The number of aliphatic imine (C=N–C) groups is 1. The summed E-state index contributed by atoms with van der Waals surface area (Å²) in [6.45, 7) is 4.24. The first-order chi connectivity index (χ1) is 14.0. The summed E-state index contributed by atoms with van der Waals surface area (Å²) in [5.74, 6) is 1.44. The van der Waals surface area contributed by atoms with E-state index < -0.39 is 4.92 Å². The first-order valence-corrected chi connectivity index (χ1v) is 9.42. The average molecular weight is 528 g/mol. The van der Waals surface area contributed by atoms with Crippen molar-refractivity contribution in [1.29, 1.82) is 0 Å². The van der Waals surface area contributed by atoms with Crippen molar-refractivity contribution >= 4 is 35.6 Å². The number of nitro groups is 1. The van der Waals surface area contributed by atoms with E-state index in [9.17, 15) is 10.1 Å². The Morgan fingerprint density at radius 2 is 1.90 bits per heavy atom. The number of nitrogens with zero attached hydrogens (tertiary/aromatic N) is 2. The Morgan fingerprint density at radius 1 is 1.13 bits per heavy atom. The maximum Gasteiger partial charge on any atom is 0.269 e. The van der Waals surface area contributed by atoms with Gasteiger partial charge in [-0.05, 0) is 24.1 Å². The van der Waals surface area contributed by atoms with Gasteiger partial charge >= 0.3 is 0 Å². The Labute approximate surface area is 194 Å². The van der Waals surface area contributed by atoms with Crippen molar-refractivity contribution in [1.82, 2.24) is 10.6 Å². The van der Waals surface area contributed by atoms with Gasteiger partial charge in [0.1, 0.15) is 5.75 Å². The van der Waals surface area contributed by atoms with E-state index in [1.807, 2.05) is 31.2 Å². The fourth-order valence-electron chi connectivity index (χ4n) is 2.69. The molecule has 0 fully saturated rings. The molecule has 0 bridgehead atoms. The molecule has 0 aliphatic rings. The van der Waals surface area contributed by atoms with E-state index in [0.29, 0.717) is 32.3 Å². The number of halogens is 1. The Balaban J connectivity index is 0.00000450. The van der Waals surface area contributed by atoms with E-state index in [0.717, 1.165) is 28.9 Å². The SMILES string of the molecule is CN=C(NCc1cccc([N+](=O)[O-])c1)NCc1ccc(C)cc1OCCCOC.I. The van der Waals surface area contributed by atoms with Crippen molar-refractivity contribution in [2.75, 3.05) is 27.4 Å². The van der Waals surface area contributed by atoms with Gasteiger partial charge in [0.05, 0.1) is 11.5 Å². The second kappa shape index (κ2) is 13.8. The van der Waals surface area contributed by atoms with Crippen LogP contribution in [0.25, 0.3) is 0 Å². The number of aryl methyl sites for hydroxylation is 1. The third-order valence-corrected chi connectivity index (χ3v) is 4.22. The molecule has 0 unspecified atom stereocenters. The van der Waals surface area contributed by atoms with Crippen molar-refractivity contribution in [3.8, 4) is 5.75 Å². The molecule has 2 N–H and O–H groups in total. The van der Waals surface area contributed by atoms with Crippen LogP contribution in [0.4, 0.5) is 5.69 Å². The minimum absolute atomic E-state index is 0. The molecule has 2 aromatic rings. The van der Waals surface area contributed by atoms with Crippen LogP contribution in [-0.2, 0) is 17.8 Å². The molecule has 164 valence electrons. The summed E-state index contributed by atoms with van der Waals surface area (Å²) in [5, 5.41) is 17.3. The van der Waals surface area contributed by atoms with Gasteiger partial charge in [-0.15, -0.1) is 24.0 Å². The molecular formula is C21H29IN4O4. The van der Waals surface area contributed by atoms with E-state index in [1.54, 1.807) is 26.3 Å². The van der Waals surface area contributed by atoms with E-state index in [4.69, 9.17) is 9.47 Å². The lowest BCUT2D eigenvalue weighted by molar-refractivity contribution is -0.384. The lowest BCUT2D eigenvalue weighted by Gasteiger charge is -2.15. The third kappa shape index (κ3) is 8.54. The van der Waals surface area contributed by atoms with E-state index in [-0.39, 0.29) is 29.7 Å².